The Labute approximate surface area is 241 Å². The van der Waals surface area contributed by atoms with E-state index in [-0.39, 0.29) is 0 Å². The first-order valence-corrected chi connectivity index (χ1v) is 16.3. The molecule has 0 saturated heterocycles. The van der Waals surface area contributed by atoms with Gasteiger partial charge in [-0.2, -0.15) is 0 Å². The van der Waals surface area contributed by atoms with Crippen molar-refractivity contribution in [2.45, 2.75) is 103 Å². The zero-order valence-corrected chi connectivity index (χ0v) is 25.4. The van der Waals surface area contributed by atoms with Crippen molar-refractivity contribution in [3.63, 3.8) is 0 Å². The highest BCUT2D eigenvalue weighted by molar-refractivity contribution is 5.26. The van der Waals surface area contributed by atoms with Crippen LogP contribution in [0.25, 0.3) is 0 Å². The minimum absolute atomic E-state index is 0.339. The maximum Gasteiger partial charge on any atom is 0.115 e. The second-order valence-electron chi connectivity index (χ2n) is 11.0. The van der Waals surface area contributed by atoms with Crippen LogP contribution in [0, 0.1) is 0 Å². The fourth-order valence-corrected chi connectivity index (χ4v) is 4.76. The molecule has 7 nitrogen and oxygen atoms in total. The summed E-state index contributed by atoms with van der Waals surface area (Å²) in [6.45, 7) is 12.7. The molecule has 7 heteroatoms. The molecule has 8 N–H and O–H groups in total. The number of phenolic OH excluding ortho intramolecular Hbond substituents is 1. The van der Waals surface area contributed by atoms with Gasteiger partial charge >= 0.3 is 0 Å². The first-order chi connectivity index (χ1) is 19.3. The molecule has 0 spiro atoms. The Bertz CT molecular complexity index is 615. The Kier molecular flexibility index (Phi) is 26.0. The summed E-state index contributed by atoms with van der Waals surface area (Å²) >= 11 is 0. The molecule has 0 unspecified atom stereocenters. The molecule has 39 heavy (non-hydrogen) atoms. The first-order valence-electron chi connectivity index (χ1n) is 16.3. The number of phenols is 1. The van der Waals surface area contributed by atoms with Crippen LogP contribution in [0.15, 0.2) is 24.3 Å². The monoisotopic (exact) mass is 549 g/mol. The van der Waals surface area contributed by atoms with Crippen LogP contribution in [-0.2, 0) is 6.42 Å². The molecule has 0 fully saturated rings. The van der Waals surface area contributed by atoms with Crippen LogP contribution in [0.3, 0.4) is 0 Å². The van der Waals surface area contributed by atoms with E-state index in [9.17, 15) is 5.11 Å². The largest absolute Gasteiger partial charge is 0.508 e. The standard InChI is InChI=1S/C32H64N6O/c1-2-3-4-5-6-7-8-10-27-38-31(28-30-15-17-32(39)18-16-30)29-37-26-14-25-36-24-13-23-35-22-12-21-34-20-11-9-19-33/h15-18,31,34-39H,2-14,19-29,33H2,1H3/t31-/m0/s1. The third-order valence-corrected chi connectivity index (χ3v) is 7.20. The summed E-state index contributed by atoms with van der Waals surface area (Å²) in [5, 5.41) is 27.7. The Morgan fingerprint density at radius 1 is 0.590 bits per heavy atom. The maximum absolute atomic E-state index is 9.61. The van der Waals surface area contributed by atoms with Crippen LogP contribution >= 0.6 is 0 Å². The van der Waals surface area contributed by atoms with Gasteiger partial charge in [0, 0.05) is 12.6 Å². The first kappa shape index (κ1) is 35.8. The number of benzene rings is 1. The zero-order chi connectivity index (χ0) is 28.1. The van der Waals surface area contributed by atoms with Crippen LogP contribution in [0.5, 0.6) is 5.75 Å². The van der Waals surface area contributed by atoms with E-state index in [0.717, 1.165) is 84.7 Å². The Balaban J connectivity index is 2.04. The van der Waals surface area contributed by atoms with Gasteiger partial charge in [-0.25, -0.2) is 0 Å². The van der Waals surface area contributed by atoms with E-state index in [1.54, 1.807) is 12.1 Å². The molecule has 0 aliphatic rings. The number of aromatic hydroxyl groups is 1. The molecule has 1 aromatic carbocycles. The molecule has 0 aliphatic carbocycles. The predicted octanol–water partition coefficient (Wildman–Crippen LogP) is 4.30. The molecule has 1 atom stereocenters. The molecule has 1 aromatic rings. The average Bonchev–Trinajstić information content (AvgIpc) is 2.94. The zero-order valence-electron chi connectivity index (χ0n) is 25.4. The van der Waals surface area contributed by atoms with Crippen molar-refractivity contribution in [2.75, 3.05) is 65.4 Å². The summed E-state index contributed by atoms with van der Waals surface area (Å²) in [6, 6.07) is 8.09. The van der Waals surface area contributed by atoms with Gasteiger partial charge in [0.2, 0.25) is 0 Å². The van der Waals surface area contributed by atoms with Gasteiger partial charge in [0.25, 0.3) is 0 Å². The van der Waals surface area contributed by atoms with Gasteiger partial charge in [-0.05, 0) is 122 Å². The van der Waals surface area contributed by atoms with Crippen LogP contribution in [0.4, 0.5) is 0 Å². The van der Waals surface area contributed by atoms with Gasteiger partial charge in [0.05, 0.1) is 0 Å². The lowest BCUT2D eigenvalue weighted by atomic mass is 10.0. The minimum atomic E-state index is 0.339. The molecule has 0 bridgehead atoms. The van der Waals surface area contributed by atoms with Crippen molar-refractivity contribution >= 4 is 0 Å². The topological polar surface area (TPSA) is 106 Å². The van der Waals surface area contributed by atoms with E-state index >= 15 is 0 Å². The Morgan fingerprint density at radius 3 is 1.64 bits per heavy atom. The molecule has 0 amide bonds. The van der Waals surface area contributed by atoms with E-state index in [0.29, 0.717) is 11.8 Å². The molecular formula is C32H64N6O. The molecule has 0 aliphatic heterocycles. The fourth-order valence-electron chi connectivity index (χ4n) is 4.76. The van der Waals surface area contributed by atoms with E-state index in [2.05, 4.69) is 33.5 Å². The number of nitrogens with one attached hydrogen (secondary N) is 5. The predicted molar refractivity (Wildman–Crippen MR) is 170 cm³/mol. The van der Waals surface area contributed by atoms with Crippen molar-refractivity contribution < 1.29 is 5.11 Å². The highest BCUT2D eigenvalue weighted by atomic mass is 16.3. The summed E-state index contributed by atoms with van der Waals surface area (Å²) in [4.78, 5) is 0. The average molecular weight is 549 g/mol. The SMILES string of the molecule is CCCCCCCCCCN[C@H](CNCCCNCCCNCCCNCCCCN)Cc1ccc(O)cc1. The van der Waals surface area contributed by atoms with Crippen LogP contribution < -0.4 is 32.3 Å². The van der Waals surface area contributed by atoms with E-state index < -0.39 is 0 Å². The van der Waals surface area contributed by atoms with Gasteiger partial charge in [0.15, 0.2) is 0 Å². The van der Waals surface area contributed by atoms with Crippen molar-refractivity contribution in [3.8, 4) is 5.75 Å². The number of hydrogen-bond donors (Lipinski definition) is 7. The van der Waals surface area contributed by atoms with Crippen LogP contribution in [-0.4, -0.2) is 76.6 Å². The molecular weight excluding hydrogens is 484 g/mol. The summed E-state index contributed by atoms with van der Waals surface area (Å²) in [6.07, 6.45) is 17.6. The van der Waals surface area contributed by atoms with Crippen molar-refractivity contribution in [3.05, 3.63) is 29.8 Å². The molecule has 228 valence electrons. The van der Waals surface area contributed by atoms with Crippen LogP contribution in [0.1, 0.15) is 96.0 Å². The number of unbranched alkanes of at least 4 members (excludes halogenated alkanes) is 8. The van der Waals surface area contributed by atoms with Crippen molar-refractivity contribution in [2.24, 2.45) is 5.73 Å². The smallest absolute Gasteiger partial charge is 0.115 e. The summed E-state index contributed by atoms with van der Waals surface area (Å²) < 4.78 is 0. The Morgan fingerprint density at radius 2 is 1.08 bits per heavy atom. The van der Waals surface area contributed by atoms with Gasteiger partial charge in [-0.3, -0.25) is 0 Å². The third kappa shape index (κ3) is 24.3. The Hall–Kier alpha value is -1.22. The normalized spacial score (nSPS) is 12.3. The molecule has 0 aromatic heterocycles. The van der Waals surface area contributed by atoms with Gasteiger partial charge in [0.1, 0.15) is 5.75 Å². The molecule has 0 radical (unpaired) electrons. The van der Waals surface area contributed by atoms with Crippen molar-refractivity contribution in [1.82, 2.24) is 26.6 Å². The lowest BCUT2D eigenvalue weighted by molar-refractivity contribution is 0.451. The second kappa shape index (κ2) is 28.3. The van der Waals surface area contributed by atoms with Gasteiger partial charge < -0.3 is 37.4 Å². The number of hydrogen-bond acceptors (Lipinski definition) is 7. The minimum Gasteiger partial charge on any atom is -0.508 e. The highest BCUT2D eigenvalue weighted by Gasteiger charge is 2.09. The quantitative estimate of drug-likeness (QED) is 0.0719. The van der Waals surface area contributed by atoms with Gasteiger partial charge in [-0.1, -0.05) is 64.0 Å². The lowest BCUT2D eigenvalue weighted by Crippen LogP contribution is -2.41. The van der Waals surface area contributed by atoms with Crippen LogP contribution in [0.2, 0.25) is 0 Å². The molecule has 0 saturated carbocycles. The summed E-state index contributed by atoms with van der Waals surface area (Å²) in [5.74, 6) is 0.339. The molecule has 1 rings (SSSR count). The van der Waals surface area contributed by atoms with Gasteiger partial charge in [-0.15, -0.1) is 0 Å². The van der Waals surface area contributed by atoms with E-state index in [1.165, 1.54) is 76.2 Å². The fraction of sp³-hybridized carbons (Fsp3) is 0.812. The van der Waals surface area contributed by atoms with E-state index in [1.807, 2.05) is 12.1 Å². The van der Waals surface area contributed by atoms with E-state index in [4.69, 9.17) is 5.73 Å². The maximum atomic E-state index is 9.61. The summed E-state index contributed by atoms with van der Waals surface area (Å²) in [7, 11) is 0. The second-order valence-corrected chi connectivity index (χ2v) is 11.0. The third-order valence-electron chi connectivity index (χ3n) is 7.20. The van der Waals surface area contributed by atoms with Crippen molar-refractivity contribution in [1.29, 1.82) is 0 Å². The number of rotatable bonds is 30. The highest BCUT2D eigenvalue weighted by Crippen LogP contribution is 2.12. The molecule has 0 heterocycles. The number of nitrogens with two attached hydrogens (primary N) is 1. The summed E-state index contributed by atoms with van der Waals surface area (Å²) in [5.41, 5.74) is 6.79. The lowest BCUT2D eigenvalue weighted by Gasteiger charge is -2.20.